The van der Waals surface area contributed by atoms with E-state index in [9.17, 15) is 9.18 Å². The summed E-state index contributed by atoms with van der Waals surface area (Å²) in [5.74, 6) is 1.29. The third-order valence-electron chi connectivity index (χ3n) is 10.5. The van der Waals surface area contributed by atoms with E-state index in [0.717, 1.165) is 31.7 Å². The van der Waals surface area contributed by atoms with Gasteiger partial charge in [-0.05, 0) is 115 Å². The molecule has 1 aromatic carbocycles. The van der Waals surface area contributed by atoms with Crippen molar-refractivity contribution in [1.82, 2.24) is 29.5 Å². The van der Waals surface area contributed by atoms with Crippen LogP contribution in [0, 0.1) is 17.2 Å². The van der Waals surface area contributed by atoms with E-state index in [0.29, 0.717) is 34.7 Å². The van der Waals surface area contributed by atoms with Crippen LogP contribution in [0.3, 0.4) is 0 Å². The fourth-order valence-corrected chi connectivity index (χ4v) is 8.06. The molecule has 2 saturated heterocycles. The Bertz CT molecular complexity index is 1500. The minimum atomic E-state index is -0.478. The lowest BCUT2D eigenvalue weighted by molar-refractivity contribution is 0.0584. The molecular weight excluding hydrogens is 595 g/mol. The summed E-state index contributed by atoms with van der Waals surface area (Å²) >= 11 is 0. The largest absolute Gasteiger partial charge is 0.451 e. The number of nitrogens with one attached hydrogen (secondary N) is 1. The minimum absolute atomic E-state index is 0.0450. The zero-order valence-electron chi connectivity index (χ0n) is 28.7. The van der Waals surface area contributed by atoms with E-state index < -0.39 is 5.82 Å². The van der Waals surface area contributed by atoms with Crippen molar-refractivity contribution in [3.8, 4) is 11.5 Å². The van der Waals surface area contributed by atoms with E-state index >= 15 is 0 Å². The first-order chi connectivity index (χ1) is 22.6. The third-order valence-corrected chi connectivity index (χ3v) is 10.5. The Hall–Kier alpha value is -3.73. The molecule has 11 heteroatoms. The predicted octanol–water partition coefficient (Wildman–Crippen LogP) is 6.36. The molecule has 0 radical (unpaired) electrons. The molecule has 1 aliphatic carbocycles. The van der Waals surface area contributed by atoms with Crippen LogP contribution in [0.1, 0.15) is 83.0 Å². The molecule has 47 heavy (non-hydrogen) atoms. The average Bonchev–Trinajstić information content (AvgIpc) is 3.68. The second-order valence-electron chi connectivity index (χ2n) is 14.6. The van der Waals surface area contributed by atoms with Gasteiger partial charge in [0.25, 0.3) is 5.91 Å². The van der Waals surface area contributed by atoms with E-state index in [1.165, 1.54) is 76.1 Å². The maximum Gasteiger partial charge on any atom is 0.258 e. The Balaban J connectivity index is 1.04. The molecule has 1 spiro atoms. The molecule has 1 atom stereocenters. The number of ether oxygens (including phenoxy) is 1. The number of hydrogen-bond acceptors (Lipinski definition) is 8. The van der Waals surface area contributed by atoms with Crippen molar-refractivity contribution < 1.29 is 13.9 Å². The van der Waals surface area contributed by atoms with Crippen molar-refractivity contribution in [2.75, 3.05) is 42.9 Å². The Kier molecular flexibility index (Phi) is 10.0. The van der Waals surface area contributed by atoms with Gasteiger partial charge in [0, 0.05) is 51.0 Å². The second kappa shape index (κ2) is 14.2. The summed E-state index contributed by atoms with van der Waals surface area (Å²) in [5.41, 5.74) is 1.83. The number of amides is 1. The van der Waals surface area contributed by atoms with Crippen LogP contribution < -0.4 is 15.0 Å². The van der Waals surface area contributed by atoms with Crippen LogP contribution in [-0.2, 0) is 7.05 Å². The third kappa shape index (κ3) is 7.71. The number of anilines is 2. The van der Waals surface area contributed by atoms with Crippen molar-refractivity contribution in [3.05, 3.63) is 54.5 Å². The summed E-state index contributed by atoms with van der Waals surface area (Å²) in [5, 5.41) is 7.98. The number of carbonyl (C=O) groups excluding carboxylic acids is 1. The van der Waals surface area contributed by atoms with Crippen molar-refractivity contribution in [2.45, 2.75) is 90.8 Å². The molecule has 2 aromatic heterocycles. The molecule has 10 nitrogen and oxygen atoms in total. The van der Waals surface area contributed by atoms with Crippen LogP contribution in [0.25, 0.3) is 0 Å². The van der Waals surface area contributed by atoms with E-state index in [-0.39, 0.29) is 23.6 Å². The zero-order chi connectivity index (χ0) is 33.1. The van der Waals surface area contributed by atoms with Crippen molar-refractivity contribution in [2.24, 2.45) is 18.4 Å². The van der Waals surface area contributed by atoms with Crippen LogP contribution >= 0.6 is 0 Å². The number of aromatic nitrogens is 4. The highest BCUT2D eigenvalue weighted by atomic mass is 19.1. The molecule has 6 rings (SSSR count). The van der Waals surface area contributed by atoms with Gasteiger partial charge in [0.1, 0.15) is 17.9 Å². The lowest BCUT2D eigenvalue weighted by Gasteiger charge is -2.46. The van der Waals surface area contributed by atoms with Crippen molar-refractivity contribution in [3.63, 3.8) is 0 Å². The van der Waals surface area contributed by atoms with E-state index in [2.05, 4.69) is 36.4 Å². The standard InChI is InChI=1S/C36H51FN8O2/c1-25(2)45(26(3)4)35(46)31-18-28(37)6-7-32(31)47-33-20-38-24-39-34(33)44-15-10-27(22-44)21-43-16-13-36(14-17-43)11-8-29(9-12-36)41-30-19-40-42(5)23-30/h6-7,18-20,23-27,29,41H,8-17,21-22H2,1-5H3/t27-/m0/s1. The van der Waals surface area contributed by atoms with Gasteiger partial charge in [-0.2, -0.15) is 5.10 Å². The number of piperidine rings is 1. The quantitative estimate of drug-likeness (QED) is 0.272. The molecule has 1 amide bonds. The lowest BCUT2D eigenvalue weighted by atomic mass is 9.67. The molecule has 3 aliphatic rings. The summed E-state index contributed by atoms with van der Waals surface area (Å²) in [6.07, 6.45) is 15.9. The highest BCUT2D eigenvalue weighted by molar-refractivity contribution is 5.97. The summed E-state index contributed by atoms with van der Waals surface area (Å²) < 4.78 is 22.6. The number of halogens is 1. The number of aryl methyl sites for hydroxylation is 1. The molecule has 1 saturated carbocycles. The fourth-order valence-electron chi connectivity index (χ4n) is 8.06. The van der Waals surface area contributed by atoms with E-state index in [1.807, 2.05) is 45.6 Å². The first-order valence-electron chi connectivity index (χ1n) is 17.4. The van der Waals surface area contributed by atoms with Gasteiger partial charge in [0.15, 0.2) is 11.6 Å². The number of carbonyl (C=O) groups is 1. The van der Waals surface area contributed by atoms with E-state index in [1.54, 1.807) is 11.1 Å². The summed E-state index contributed by atoms with van der Waals surface area (Å²) in [4.78, 5) is 29.1. The van der Waals surface area contributed by atoms with Crippen LogP contribution in [-0.4, -0.2) is 86.3 Å². The number of nitrogens with zero attached hydrogens (tertiary/aromatic N) is 7. The van der Waals surface area contributed by atoms with Crippen LogP contribution in [0.2, 0.25) is 0 Å². The highest BCUT2D eigenvalue weighted by Gasteiger charge is 2.39. The van der Waals surface area contributed by atoms with E-state index in [4.69, 9.17) is 4.74 Å². The smallest absolute Gasteiger partial charge is 0.258 e. The molecule has 0 unspecified atom stereocenters. The van der Waals surface area contributed by atoms with Crippen molar-refractivity contribution >= 4 is 17.4 Å². The minimum Gasteiger partial charge on any atom is -0.451 e. The summed E-state index contributed by atoms with van der Waals surface area (Å²) in [7, 11) is 1.96. The maximum absolute atomic E-state index is 14.4. The highest BCUT2D eigenvalue weighted by Crippen LogP contribution is 2.45. The van der Waals surface area contributed by atoms with Gasteiger partial charge in [-0.25, -0.2) is 14.4 Å². The van der Waals surface area contributed by atoms with Crippen molar-refractivity contribution in [1.29, 1.82) is 0 Å². The van der Waals surface area contributed by atoms with Gasteiger partial charge < -0.3 is 24.8 Å². The average molecular weight is 647 g/mol. The monoisotopic (exact) mass is 646 g/mol. The number of benzene rings is 1. The number of rotatable bonds is 10. The molecule has 4 heterocycles. The van der Waals surface area contributed by atoms with Gasteiger partial charge in [-0.3, -0.25) is 9.48 Å². The summed E-state index contributed by atoms with van der Waals surface area (Å²) in [6.45, 7) is 13.0. The van der Waals surface area contributed by atoms with Crippen LogP contribution in [0.5, 0.6) is 11.5 Å². The lowest BCUT2D eigenvalue weighted by Crippen LogP contribution is -2.45. The fraction of sp³-hybridized carbons (Fsp3) is 0.611. The van der Waals surface area contributed by atoms with Crippen LogP contribution in [0.4, 0.5) is 15.9 Å². The topological polar surface area (TPSA) is 91.7 Å². The van der Waals surface area contributed by atoms with Gasteiger partial charge >= 0.3 is 0 Å². The van der Waals surface area contributed by atoms with Gasteiger partial charge in [0.2, 0.25) is 0 Å². The van der Waals surface area contributed by atoms with Gasteiger partial charge in [0.05, 0.1) is 23.6 Å². The Morgan fingerprint density at radius 2 is 1.79 bits per heavy atom. The number of hydrogen-bond donors (Lipinski definition) is 1. The molecular formula is C36H51FN8O2. The number of likely N-dealkylation sites (tertiary alicyclic amines) is 1. The first-order valence-corrected chi connectivity index (χ1v) is 17.4. The summed E-state index contributed by atoms with van der Waals surface area (Å²) in [6, 6.07) is 4.57. The van der Waals surface area contributed by atoms with Gasteiger partial charge in [-0.15, -0.1) is 0 Å². The molecule has 1 N–H and O–H groups in total. The Labute approximate surface area is 278 Å². The van der Waals surface area contributed by atoms with Gasteiger partial charge in [-0.1, -0.05) is 0 Å². The first kappa shape index (κ1) is 33.2. The normalized spacial score (nSPS) is 20.3. The Morgan fingerprint density at radius 3 is 2.47 bits per heavy atom. The Morgan fingerprint density at radius 1 is 1.04 bits per heavy atom. The second-order valence-corrected chi connectivity index (χ2v) is 14.6. The van der Waals surface area contributed by atoms with Crippen LogP contribution in [0.15, 0.2) is 43.1 Å². The molecule has 0 bridgehead atoms. The molecule has 3 aromatic rings. The molecule has 254 valence electrons. The SMILES string of the molecule is CC(C)N(C(=O)c1cc(F)ccc1Oc1cncnc1N1CC[C@@H](CN2CCC3(CCC(Nc4cnn(C)c4)CC3)CC2)C1)C(C)C. The molecule has 3 fully saturated rings. The molecule has 2 aliphatic heterocycles. The zero-order valence-corrected chi connectivity index (χ0v) is 28.7. The maximum atomic E-state index is 14.4. The predicted molar refractivity (Wildman–Crippen MR) is 182 cm³/mol.